The number of ether oxygens (including phenoxy) is 1. The lowest BCUT2D eigenvalue weighted by Gasteiger charge is -2.25. The number of halogens is 2. The topological polar surface area (TPSA) is 82.4 Å². The zero-order valence-corrected chi connectivity index (χ0v) is 15.9. The molecule has 0 saturated carbocycles. The standard InChI is InChI=1S/C18H15ClFN3O3S/c1-2-26-18(25)23-6-5-11-13(8-21)17(27-15(11)9-23)22-16(24)12-4-3-10(20)7-14(12)19/h3-4,7H,2,5-6,9H2,1H3,(H,22,24). The fraction of sp³-hybridized carbons (Fsp3) is 0.278. The number of hydrogen-bond donors (Lipinski definition) is 1. The number of nitrogens with one attached hydrogen (secondary N) is 1. The van der Waals surface area contributed by atoms with E-state index in [1.165, 1.54) is 17.4 Å². The van der Waals surface area contributed by atoms with E-state index >= 15 is 0 Å². The van der Waals surface area contributed by atoms with Crippen LogP contribution in [-0.2, 0) is 17.7 Å². The lowest BCUT2D eigenvalue weighted by atomic mass is 10.0. The molecule has 140 valence electrons. The molecule has 0 unspecified atom stereocenters. The summed E-state index contributed by atoms with van der Waals surface area (Å²) in [4.78, 5) is 26.8. The van der Waals surface area contributed by atoms with Gasteiger partial charge in [-0.2, -0.15) is 5.26 Å². The number of nitrogens with zero attached hydrogens (tertiary/aromatic N) is 2. The molecule has 1 aromatic heterocycles. The highest BCUT2D eigenvalue weighted by atomic mass is 35.5. The van der Waals surface area contributed by atoms with Gasteiger partial charge in [0.1, 0.15) is 16.9 Å². The first-order valence-corrected chi connectivity index (χ1v) is 9.36. The summed E-state index contributed by atoms with van der Waals surface area (Å²) in [7, 11) is 0. The second kappa shape index (κ2) is 7.94. The fourth-order valence-corrected chi connectivity index (χ4v) is 4.29. The molecule has 0 saturated heterocycles. The summed E-state index contributed by atoms with van der Waals surface area (Å²) in [5.41, 5.74) is 1.31. The Balaban J connectivity index is 1.84. The van der Waals surface area contributed by atoms with Crippen LogP contribution in [0, 0.1) is 17.1 Å². The number of benzene rings is 1. The molecule has 0 fully saturated rings. The third-order valence-electron chi connectivity index (χ3n) is 4.10. The van der Waals surface area contributed by atoms with Gasteiger partial charge >= 0.3 is 6.09 Å². The molecule has 27 heavy (non-hydrogen) atoms. The number of nitriles is 1. The Labute approximate surface area is 164 Å². The molecule has 0 aliphatic carbocycles. The van der Waals surface area contributed by atoms with E-state index in [1.54, 1.807) is 11.8 Å². The number of amides is 2. The van der Waals surface area contributed by atoms with Crippen LogP contribution in [0.5, 0.6) is 0 Å². The van der Waals surface area contributed by atoms with E-state index in [9.17, 15) is 19.2 Å². The van der Waals surface area contributed by atoms with Crippen molar-refractivity contribution < 1.29 is 18.7 Å². The van der Waals surface area contributed by atoms with Crippen molar-refractivity contribution in [3.8, 4) is 6.07 Å². The molecule has 9 heteroatoms. The Morgan fingerprint density at radius 3 is 2.93 bits per heavy atom. The summed E-state index contributed by atoms with van der Waals surface area (Å²) in [6.07, 6.45) is 0.0968. The maximum atomic E-state index is 13.2. The van der Waals surface area contributed by atoms with Crippen molar-refractivity contribution >= 4 is 39.9 Å². The van der Waals surface area contributed by atoms with Crippen molar-refractivity contribution in [2.24, 2.45) is 0 Å². The summed E-state index contributed by atoms with van der Waals surface area (Å²) in [6, 6.07) is 5.60. The molecule has 2 amide bonds. The first kappa shape index (κ1) is 19.1. The minimum absolute atomic E-state index is 0.0131. The lowest BCUT2D eigenvalue weighted by Crippen LogP contribution is -2.35. The molecule has 2 heterocycles. The fourth-order valence-electron chi connectivity index (χ4n) is 2.82. The number of fused-ring (bicyclic) bond motifs is 1. The summed E-state index contributed by atoms with van der Waals surface area (Å²) in [5.74, 6) is -1.07. The maximum absolute atomic E-state index is 13.2. The van der Waals surface area contributed by atoms with Crippen LogP contribution < -0.4 is 5.32 Å². The molecular weight excluding hydrogens is 393 g/mol. The normalized spacial score (nSPS) is 12.9. The minimum atomic E-state index is -0.542. The van der Waals surface area contributed by atoms with E-state index in [0.29, 0.717) is 30.1 Å². The maximum Gasteiger partial charge on any atom is 0.410 e. The third-order valence-corrected chi connectivity index (χ3v) is 5.54. The van der Waals surface area contributed by atoms with Crippen LogP contribution in [0.25, 0.3) is 0 Å². The molecule has 0 atom stereocenters. The number of anilines is 1. The highest BCUT2D eigenvalue weighted by Gasteiger charge is 2.28. The zero-order chi connectivity index (χ0) is 19.6. The van der Waals surface area contributed by atoms with Crippen molar-refractivity contribution in [3.05, 3.63) is 50.6 Å². The van der Waals surface area contributed by atoms with Crippen molar-refractivity contribution in [1.29, 1.82) is 5.26 Å². The highest BCUT2D eigenvalue weighted by molar-refractivity contribution is 7.16. The van der Waals surface area contributed by atoms with Crippen LogP contribution in [0.3, 0.4) is 0 Å². The molecule has 6 nitrogen and oxygen atoms in total. The zero-order valence-electron chi connectivity index (χ0n) is 14.3. The largest absolute Gasteiger partial charge is 0.450 e. The van der Waals surface area contributed by atoms with Gasteiger partial charge in [-0.25, -0.2) is 9.18 Å². The quantitative estimate of drug-likeness (QED) is 0.827. The van der Waals surface area contributed by atoms with E-state index in [0.717, 1.165) is 22.6 Å². The number of thiophene rings is 1. The number of hydrogen-bond acceptors (Lipinski definition) is 5. The van der Waals surface area contributed by atoms with Gasteiger partial charge < -0.3 is 15.0 Å². The monoisotopic (exact) mass is 407 g/mol. The van der Waals surface area contributed by atoms with E-state index in [1.807, 2.05) is 0 Å². The van der Waals surface area contributed by atoms with E-state index in [2.05, 4.69) is 11.4 Å². The Kier molecular flexibility index (Phi) is 5.63. The van der Waals surface area contributed by atoms with Crippen molar-refractivity contribution in [3.63, 3.8) is 0 Å². The van der Waals surface area contributed by atoms with Crippen LogP contribution >= 0.6 is 22.9 Å². The molecular formula is C18H15ClFN3O3S. The highest BCUT2D eigenvalue weighted by Crippen LogP contribution is 2.37. The van der Waals surface area contributed by atoms with Crippen molar-refractivity contribution in [1.82, 2.24) is 4.90 Å². The average Bonchev–Trinajstić information content (AvgIpc) is 2.97. The average molecular weight is 408 g/mol. The first-order valence-electron chi connectivity index (χ1n) is 8.17. The molecule has 1 aromatic carbocycles. The summed E-state index contributed by atoms with van der Waals surface area (Å²) in [5, 5.41) is 12.6. The van der Waals surface area contributed by atoms with Gasteiger partial charge in [0, 0.05) is 11.4 Å². The van der Waals surface area contributed by atoms with E-state index < -0.39 is 17.8 Å². The summed E-state index contributed by atoms with van der Waals surface area (Å²) in [6.45, 7) is 2.78. The van der Waals surface area contributed by atoms with Gasteiger partial charge in [-0.1, -0.05) is 11.6 Å². The van der Waals surface area contributed by atoms with Crippen LogP contribution in [-0.4, -0.2) is 30.1 Å². The van der Waals surface area contributed by atoms with Crippen LogP contribution in [0.2, 0.25) is 5.02 Å². The van der Waals surface area contributed by atoms with Crippen LogP contribution in [0.4, 0.5) is 14.2 Å². The van der Waals surface area contributed by atoms with Crippen LogP contribution in [0.15, 0.2) is 18.2 Å². The SMILES string of the molecule is CCOC(=O)N1CCc2c(sc(NC(=O)c3ccc(F)cc3Cl)c2C#N)C1. The Morgan fingerprint density at radius 2 is 2.26 bits per heavy atom. The first-order chi connectivity index (χ1) is 12.9. The van der Waals surface area contributed by atoms with E-state index in [-0.39, 0.29) is 17.2 Å². The predicted molar refractivity (Wildman–Crippen MR) is 99.5 cm³/mol. The van der Waals surface area contributed by atoms with Crippen molar-refractivity contribution in [2.45, 2.75) is 19.9 Å². The van der Waals surface area contributed by atoms with Gasteiger partial charge in [0.05, 0.1) is 29.3 Å². The minimum Gasteiger partial charge on any atom is -0.450 e. The Morgan fingerprint density at radius 1 is 1.48 bits per heavy atom. The van der Waals surface area contributed by atoms with Gasteiger partial charge in [0.2, 0.25) is 0 Å². The number of carbonyl (C=O) groups is 2. The molecule has 3 rings (SSSR count). The summed E-state index contributed by atoms with van der Waals surface area (Å²) >= 11 is 7.17. The Bertz CT molecular complexity index is 954. The molecule has 0 bridgehead atoms. The second-order valence-electron chi connectivity index (χ2n) is 5.77. The third kappa shape index (κ3) is 3.89. The molecule has 0 radical (unpaired) electrons. The van der Waals surface area contributed by atoms with Gasteiger partial charge in [0.15, 0.2) is 0 Å². The van der Waals surface area contributed by atoms with Crippen LogP contribution in [0.1, 0.15) is 33.3 Å². The predicted octanol–water partition coefficient (Wildman–Crippen LogP) is 4.18. The van der Waals surface area contributed by atoms with Crippen molar-refractivity contribution in [2.75, 3.05) is 18.5 Å². The molecule has 2 aromatic rings. The number of rotatable bonds is 3. The van der Waals surface area contributed by atoms with Gasteiger partial charge in [0.25, 0.3) is 5.91 Å². The van der Waals surface area contributed by atoms with Gasteiger partial charge in [-0.3, -0.25) is 4.79 Å². The smallest absolute Gasteiger partial charge is 0.410 e. The Hall–Kier alpha value is -2.63. The lowest BCUT2D eigenvalue weighted by molar-refractivity contribution is 0.102. The summed E-state index contributed by atoms with van der Waals surface area (Å²) < 4.78 is 18.2. The molecule has 1 aliphatic rings. The van der Waals surface area contributed by atoms with Gasteiger partial charge in [-0.15, -0.1) is 11.3 Å². The number of carbonyl (C=O) groups excluding carboxylic acids is 2. The van der Waals surface area contributed by atoms with E-state index in [4.69, 9.17) is 16.3 Å². The molecule has 0 spiro atoms. The second-order valence-corrected chi connectivity index (χ2v) is 7.28. The molecule has 1 N–H and O–H groups in total. The molecule has 1 aliphatic heterocycles. The van der Waals surface area contributed by atoms with Gasteiger partial charge in [-0.05, 0) is 37.1 Å².